The molecule has 0 saturated carbocycles. The van der Waals surface area contributed by atoms with E-state index in [1.54, 1.807) is 10.4 Å². The Bertz CT molecular complexity index is 1870. The normalized spacial score (nSPS) is 11.8. The van der Waals surface area contributed by atoms with Crippen molar-refractivity contribution in [3.05, 3.63) is 158 Å². The number of fused-ring (bicyclic) bond motifs is 3. The van der Waals surface area contributed by atoms with Crippen LogP contribution in [0.15, 0.2) is 121 Å². The fraction of sp³-hybridized carbons (Fsp3) is 0.377. The second-order valence-electron chi connectivity index (χ2n) is 17.4. The number of hydrogen-bond acceptors (Lipinski definition) is 0. The Balaban J connectivity index is 0.000000340. The Morgan fingerprint density at radius 1 is 0.500 bits per heavy atom. The quantitative estimate of drug-likeness (QED) is 0.0951. The zero-order valence-corrected chi connectivity index (χ0v) is 42.2. The minimum absolute atomic E-state index is 0. The van der Waals surface area contributed by atoms with E-state index in [0.717, 1.165) is 0 Å². The van der Waals surface area contributed by atoms with Gasteiger partial charge in [-0.3, -0.25) is 0 Å². The van der Waals surface area contributed by atoms with E-state index >= 15 is 0 Å². The van der Waals surface area contributed by atoms with Crippen LogP contribution in [0.3, 0.4) is 0 Å². The van der Waals surface area contributed by atoms with E-state index in [0.29, 0.717) is 0 Å². The van der Waals surface area contributed by atoms with Gasteiger partial charge in [-0.2, -0.15) is 18.2 Å². The van der Waals surface area contributed by atoms with Crippen LogP contribution in [0.1, 0.15) is 105 Å². The molecule has 6 aromatic rings. The standard InChI is InChI=1S/C25H38Si2.C21H25.C5H5.2CH3.Zr/c1-7-26(8-2,9-3)24-17-13-22(14-18-24)21-23-15-19-25(20-16-23)27(10-4,11-5)12-6;1-20(2,3)16-7-9-18-14(12-16)11-15-13-17(21(4,5)6)8-10-19(15)18;1-2-4-5-3-1;;;/h13-20H,7-12H2,1-6H3;7-13H,1-6H3;1-5H;2*1H3;/q;4*-1;. The first-order valence-electron chi connectivity index (χ1n) is 20.7. The molecular weight excluding hydrogens is 784 g/mol. The van der Waals surface area contributed by atoms with Crippen LogP contribution >= 0.6 is 0 Å². The summed E-state index contributed by atoms with van der Waals surface area (Å²) in [5.41, 5.74) is 6.03. The number of hydrogen-bond donors (Lipinski definition) is 0. The molecule has 302 valence electrons. The van der Waals surface area contributed by atoms with Gasteiger partial charge in [0.25, 0.3) is 0 Å². The molecule has 6 aromatic carbocycles. The molecule has 0 bridgehead atoms. The zero-order chi connectivity index (χ0) is 39.7. The van der Waals surface area contributed by atoms with Crippen LogP contribution in [0.5, 0.6) is 0 Å². The van der Waals surface area contributed by atoms with Crippen LogP contribution in [0, 0.1) is 14.9 Å². The Morgan fingerprint density at radius 3 is 1.07 bits per heavy atom. The maximum absolute atomic E-state index is 2.44. The molecule has 0 unspecified atom stereocenters. The van der Waals surface area contributed by atoms with E-state index in [-0.39, 0.29) is 25.7 Å². The molecule has 0 aromatic heterocycles. The summed E-state index contributed by atoms with van der Waals surface area (Å²) >= 11 is 1.50. The molecule has 0 aliphatic rings. The fourth-order valence-corrected chi connectivity index (χ4v) is 16.2. The van der Waals surface area contributed by atoms with E-state index in [1.807, 2.05) is 30.3 Å². The van der Waals surface area contributed by atoms with Crippen LogP contribution < -0.4 is 10.4 Å². The summed E-state index contributed by atoms with van der Waals surface area (Å²) in [6.07, 6.45) is 0. The molecular formula is C53H74Si2Zr-4. The topological polar surface area (TPSA) is 0 Å². The van der Waals surface area contributed by atoms with Gasteiger partial charge in [0, 0.05) is 0 Å². The molecule has 0 amide bonds. The summed E-state index contributed by atoms with van der Waals surface area (Å²) in [5, 5.41) is 8.77. The summed E-state index contributed by atoms with van der Waals surface area (Å²) in [7, 11) is -2.54. The molecule has 0 heterocycles. The Kier molecular flexibility index (Phi) is 18.8. The molecule has 3 heteroatoms. The molecule has 0 nitrogen and oxygen atoms in total. The van der Waals surface area contributed by atoms with Crippen molar-refractivity contribution in [2.24, 2.45) is 0 Å². The van der Waals surface area contributed by atoms with Crippen LogP contribution in [0.2, 0.25) is 36.3 Å². The Labute approximate surface area is 361 Å². The smallest absolute Gasteiger partial charge is 0.172 e. The number of rotatable bonds is 10. The molecule has 6 rings (SSSR count). The zero-order valence-electron chi connectivity index (χ0n) is 37.8. The summed E-state index contributed by atoms with van der Waals surface area (Å²) in [4.78, 5) is 0. The van der Waals surface area contributed by atoms with Gasteiger partial charge in [-0.1, -0.05) is 76.9 Å². The average Bonchev–Trinajstić information content (AvgIpc) is 3.88. The molecule has 0 aliphatic heterocycles. The van der Waals surface area contributed by atoms with Gasteiger partial charge in [0.05, 0.1) is 0 Å². The third-order valence-corrected chi connectivity index (χ3v) is 25.3. The van der Waals surface area contributed by atoms with Gasteiger partial charge >= 0.3 is 191 Å². The summed E-state index contributed by atoms with van der Waals surface area (Å²) in [6, 6.07) is 53.6. The van der Waals surface area contributed by atoms with Crippen LogP contribution in [-0.2, 0) is 35.1 Å². The van der Waals surface area contributed by atoms with Crippen molar-refractivity contribution in [3.8, 4) is 0 Å². The maximum Gasteiger partial charge on any atom is -0.172 e. The maximum atomic E-state index is 2.44. The Hall–Kier alpha value is -2.71. The van der Waals surface area contributed by atoms with Gasteiger partial charge in [-0.15, -0.1) is 39.7 Å². The van der Waals surface area contributed by atoms with E-state index in [9.17, 15) is 0 Å². The largest absolute Gasteiger partial charge is 0.358 e. The average molecular weight is 859 g/mol. The summed E-state index contributed by atoms with van der Waals surface area (Å²) in [5.74, 6) is 0. The predicted molar refractivity (Wildman–Crippen MR) is 259 cm³/mol. The van der Waals surface area contributed by atoms with Crippen LogP contribution in [0.4, 0.5) is 0 Å². The summed E-state index contributed by atoms with van der Waals surface area (Å²) in [6.45, 7) is 28.0. The Morgan fingerprint density at radius 2 is 0.821 bits per heavy atom. The molecule has 0 spiro atoms. The number of benzene rings is 4. The van der Waals surface area contributed by atoms with Crippen molar-refractivity contribution in [1.29, 1.82) is 0 Å². The first kappa shape index (κ1) is 49.4. The van der Waals surface area contributed by atoms with Gasteiger partial charge in [0.2, 0.25) is 0 Å². The van der Waals surface area contributed by atoms with Crippen molar-refractivity contribution in [1.82, 2.24) is 0 Å². The van der Waals surface area contributed by atoms with Crippen molar-refractivity contribution < 1.29 is 24.2 Å². The second kappa shape index (κ2) is 21.3. The predicted octanol–water partition coefficient (Wildman–Crippen LogP) is 14.8. The molecule has 0 atom stereocenters. The first-order valence-corrected chi connectivity index (χ1v) is 27.2. The van der Waals surface area contributed by atoms with Crippen molar-refractivity contribution >= 4 is 51.3 Å². The summed E-state index contributed by atoms with van der Waals surface area (Å²) < 4.78 is 1.49. The minimum Gasteiger partial charge on any atom is -0.358 e. The van der Waals surface area contributed by atoms with Crippen LogP contribution in [-0.4, -0.2) is 19.4 Å². The molecule has 0 N–H and O–H groups in total. The molecule has 0 radical (unpaired) electrons. The van der Waals surface area contributed by atoms with E-state index in [2.05, 4.69) is 174 Å². The minimum atomic E-state index is -1.27. The van der Waals surface area contributed by atoms with Crippen molar-refractivity contribution in [3.63, 3.8) is 0 Å². The van der Waals surface area contributed by atoms with Crippen molar-refractivity contribution in [2.75, 3.05) is 0 Å². The molecule has 0 fully saturated rings. The molecule has 56 heavy (non-hydrogen) atoms. The third kappa shape index (κ3) is 11.5. The SMILES string of the molecule is CC(C)(C)c1ccc2c(c1)[cH-]c1cc(C(C)(C)C)ccc12.CC[Si](CC)(CC)c1ccc([C](=[Zr])c2ccc([Si](CC)(CC)CC)cc2)cc1.[CH3-].[CH3-].c1cc[cH-]c1. The van der Waals surface area contributed by atoms with E-state index < -0.39 is 16.1 Å². The van der Waals surface area contributed by atoms with E-state index in [4.69, 9.17) is 0 Å². The van der Waals surface area contributed by atoms with Gasteiger partial charge in [0.1, 0.15) is 0 Å². The molecule has 0 aliphatic carbocycles. The van der Waals surface area contributed by atoms with Gasteiger partial charge in [-0.25, -0.2) is 12.1 Å². The van der Waals surface area contributed by atoms with Crippen LogP contribution in [0.25, 0.3) is 21.5 Å². The van der Waals surface area contributed by atoms with Crippen molar-refractivity contribution in [2.45, 2.75) is 130 Å². The monoisotopic (exact) mass is 856 g/mol. The second-order valence-corrected chi connectivity index (χ2v) is 29.2. The van der Waals surface area contributed by atoms with Gasteiger partial charge in [0.15, 0.2) is 0 Å². The van der Waals surface area contributed by atoms with Gasteiger partial charge < -0.3 is 14.9 Å². The third-order valence-electron chi connectivity index (χ3n) is 12.6. The first-order chi connectivity index (χ1) is 25.6. The fourth-order valence-electron chi connectivity index (χ4n) is 8.15. The molecule has 0 saturated heterocycles. The van der Waals surface area contributed by atoms with Gasteiger partial charge in [-0.05, 0) is 10.8 Å². The van der Waals surface area contributed by atoms with E-state index in [1.165, 1.54) is 108 Å².